The highest BCUT2D eigenvalue weighted by atomic mass is 32.1. The molecule has 1 aliphatic rings. The van der Waals surface area contributed by atoms with Crippen molar-refractivity contribution in [1.29, 1.82) is 0 Å². The molecule has 2 aromatic carbocycles. The number of aryl methyl sites for hydroxylation is 1. The third kappa shape index (κ3) is 5.48. The van der Waals surface area contributed by atoms with E-state index in [2.05, 4.69) is 5.32 Å². The maximum Gasteiger partial charge on any atom is 0.338 e. The molecule has 0 aromatic heterocycles. The summed E-state index contributed by atoms with van der Waals surface area (Å²) in [5.41, 5.74) is 2.62. The SMILES string of the molecule is CCOC(=O)C1=C(C)N(c2ccc(C)c(F)c2)C(=S)N[C@@H]1c1ccc(OCCC(=O)O)cc1. The van der Waals surface area contributed by atoms with E-state index in [1.807, 2.05) is 0 Å². The lowest BCUT2D eigenvalue weighted by atomic mass is 9.94. The van der Waals surface area contributed by atoms with Crippen LogP contribution in [0.25, 0.3) is 0 Å². The number of nitrogens with one attached hydrogen (secondary N) is 1. The van der Waals surface area contributed by atoms with E-state index >= 15 is 0 Å². The van der Waals surface area contributed by atoms with Gasteiger partial charge in [-0.1, -0.05) is 18.2 Å². The van der Waals surface area contributed by atoms with Crippen molar-refractivity contribution >= 4 is 35.0 Å². The second kappa shape index (κ2) is 10.4. The zero-order chi connectivity index (χ0) is 24.1. The van der Waals surface area contributed by atoms with E-state index in [0.29, 0.717) is 33.4 Å². The van der Waals surface area contributed by atoms with Crippen LogP contribution < -0.4 is 15.0 Å². The van der Waals surface area contributed by atoms with Crippen LogP contribution in [-0.2, 0) is 14.3 Å². The summed E-state index contributed by atoms with van der Waals surface area (Å²) in [6.07, 6.45) is -0.107. The van der Waals surface area contributed by atoms with Crippen LogP contribution in [0.5, 0.6) is 5.75 Å². The van der Waals surface area contributed by atoms with Gasteiger partial charge in [0.25, 0.3) is 0 Å². The Morgan fingerprint density at radius 1 is 1.18 bits per heavy atom. The fraction of sp³-hybridized carbons (Fsp3) is 0.292. The van der Waals surface area contributed by atoms with E-state index < -0.39 is 18.0 Å². The van der Waals surface area contributed by atoms with Gasteiger partial charge >= 0.3 is 11.9 Å². The molecular weight excluding hydrogens is 447 g/mol. The number of anilines is 1. The van der Waals surface area contributed by atoms with Crippen LogP contribution >= 0.6 is 12.2 Å². The van der Waals surface area contributed by atoms with E-state index in [4.69, 9.17) is 26.8 Å². The van der Waals surface area contributed by atoms with Gasteiger partial charge in [-0.05, 0) is 68.4 Å². The minimum absolute atomic E-state index is 0.0512. The summed E-state index contributed by atoms with van der Waals surface area (Å²) < 4.78 is 25.0. The number of rotatable bonds is 8. The highest BCUT2D eigenvalue weighted by Crippen LogP contribution is 2.35. The van der Waals surface area contributed by atoms with Crippen molar-refractivity contribution in [2.45, 2.75) is 33.2 Å². The molecule has 0 fully saturated rings. The molecule has 0 bridgehead atoms. The second-order valence-corrected chi connectivity index (χ2v) is 7.82. The molecule has 0 saturated heterocycles. The standard InChI is InChI=1S/C24H25FN2O5S/c1-4-31-23(30)21-15(3)27(17-8-5-14(2)19(25)13-17)24(33)26-22(21)16-6-9-18(10-7-16)32-12-11-20(28)29/h5-10,13,22H,4,11-12H2,1-3H3,(H,26,33)(H,28,29)/t22-/m1/s1. The number of allylic oxidation sites excluding steroid dienone is 1. The van der Waals surface area contributed by atoms with Gasteiger partial charge in [-0.3, -0.25) is 9.69 Å². The average Bonchev–Trinajstić information content (AvgIpc) is 2.76. The van der Waals surface area contributed by atoms with Gasteiger partial charge in [0, 0.05) is 5.70 Å². The maximum atomic E-state index is 14.2. The predicted octanol–water partition coefficient (Wildman–Crippen LogP) is 4.26. The number of halogens is 1. The number of carboxylic acid groups (broad SMARTS) is 1. The number of thiocarbonyl (C=S) groups is 1. The maximum absolute atomic E-state index is 14.2. The molecule has 0 unspecified atom stereocenters. The highest BCUT2D eigenvalue weighted by molar-refractivity contribution is 7.80. The fourth-order valence-corrected chi connectivity index (χ4v) is 3.87. The summed E-state index contributed by atoms with van der Waals surface area (Å²) >= 11 is 5.58. The Hall–Kier alpha value is -3.46. The smallest absolute Gasteiger partial charge is 0.338 e. The van der Waals surface area contributed by atoms with Crippen LogP contribution in [0, 0.1) is 12.7 Å². The third-order valence-corrected chi connectivity index (χ3v) is 5.49. The monoisotopic (exact) mass is 472 g/mol. The van der Waals surface area contributed by atoms with Crippen molar-refractivity contribution < 1.29 is 28.6 Å². The molecule has 0 radical (unpaired) electrons. The van der Waals surface area contributed by atoms with Crippen molar-refractivity contribution in [2.24, 2.45) is 0 Å². The Labute approximate surface area is 196 Å². The van der Waals surface area contributed by atoms with E-state index in [1.165, 1.54) is 6.07 Å². The van der Waals surface area contributed by atoms with Gasteiger partial charge in [-0.2, -0.15) is 0 Å². The fourth-order valence-electron chi connectivity index (χ4n) is 3.51. The topological polar surface area (TPSA) is 88.1 Å². The van der Waals surface area contributed by atoms with Gasteiger partial charge in [0.15, 0.2) is 5.11 Å². The number of aliphatic carboxylic acids is 1. The summed E-state index contributed by atoms with van der Waals surface area (Å²) in [5, 5.41) is 12.2. The number of benzene rings is 2. The third-order valence-electron chi connectivity index (χ3n) is 5.19. The molecule has 0 aliphatic carbocycles. The minimum Gasteiger partial charge on any atom is -0.493 e. The second-order valence-electron chi connectivity index (χ2n) is 7.43. The van der Waals surface area contributed by atoms with Crippen molar-refractivity contribution in [3.63, 3.8) is 0 Å². The Morgan fingerprint density at radius 2 is 1.88 bits per heavy atom. The zero-order valence-electron chi connectivity index (χ0n) is 18.6. The first kappa shape index (κ1) is 24.2. The number of carbonyl (C=O) groups is 2. The summed E-state index contributed by atoms with van der Waals surface area (Å²) in [6.45, 7) is 5.38. The van der Waals surface area contributed by atoms with Crippen LogP contribution in [0.1, 0.15) is 37.4 Å². The van der Waals surface area contributed by atoms with E-state index in [1.54, 1.807) is 62.1 Å². The molecule has 9 heteroatoms. The molecule has 0 amide bonds. The Kier molecular flexibility index (Phi) is 7.65. The predicted molar refractivity (Wildman–Crippen MR) is 126 cm³/mol. The van der Waals surface area contributed by atoms with E-state index in [0.717, 1.165) is 5.56 Å². The van der Waals surface area contributed by atoms with E-state index in [-0.39, 0.29) is 25.5 Å². The number of esters is 1. The first-order valence-corrected chi connectivity index (χ1v) is 10.8. The molecule has 2 aromatic rings. The largest absolute Gasteiger partial charge is 0.493 e. The summed E-state index contributed by atoms with van der Waals surface area (Å²) in [4.78, 5) is 25.2. The molecule has 33 heavy (non-hydrogen) atoms. The zero-order valence-corrected chi connectivity index (χ0v) is 19.4. The van der Waals surface area contributed by atoms with Crippen LogP contribution in [-0.4, -0.2) is 35.4 Å². The lowest BCUT2D eigenvalue weighted by molar-refractivity contribution is -0.139. The van der Waals surface area contributed by atoms with Gasteiger partial charge in [0.1, 0.15) is 11.6 Å². The molecular formula is C24H25FN2O5S. The highest BCUT2D eigenvalue weighted by Gasteiger charge is 2.35. The summed E-state index contributed by atoms with van der Waals surface area (Å²) in [7, 11) is 0. The first-order valence-electron chi connectivity index (χ1n) is 10.4. The number of carbonyl (C=O) groups excluding carboxylic acids is 1. The quantitative estimate of drug-likeness (QED) is 0.435. The number of nitrogens with zero attached hydrogens (tertiary/aromatic N) is 1. The van der Waals surface area contributed by atoms with Gasteiger partial charge in [-0.15, -0.1) is 0 Å². The number of hydrogen-bond acceptors (Lipinski definition) is 5. The number of ether oxygens (including phenoxy) is 2. The Bertz CT molecular complexity index is 1100. The molecule has 2 N–H and O–H groups in total. The Balaban J connectivity index is 1.97. The number of carboxylic acids is 1. The molecule has 7 nitrogen and oxygen atoms in total. The summed E-state index contributed by atoms with van der Waals surface area (Å²) in [5.74, 6) is -1.31. The van der Waals surface area contributed by atoms with Crippen molar-refractivity contribution in [3.8, 4) is 5.75 Å². The lowest BCUT2D eigenvalue weighted by Crippen LogP contribution is -2.48. The molecule has 1 aliphatic heterocycles. The van der Waals surface area contributed by atoms with Crippen LogP contribution in [0.15, 0.2) is 53.7 Å². The average molecular weight is 473 g/mol. The van der Waals surface area contributed by atoms with E-state index in [9.17, 15) is 14.0 Å². The van der Waals surface area contributed by atoms with Gasteiger partial charge in [0.05, 0.1) is 36.9 Å². The lowest BCUT2D eigenvalue weighted by Gasteiger charge is -2.37. The van der Waals surface area contributed by atoms with Gasteiger partial charge in [0.2, 0.25) is 0 Å². The molecule has 174 valence electrons. The van der Waals surface area contributed by atoms with Gasteiger partial charge in [-0.25, -0.2) is 9.18 Å². The number of hydrogen-bond donors (Lipinski definition) is 2. The first-order chi connectivity index (χ1) is 15.7. The molecule has 0 spiro atoms. The summed E-state index contributed by atoms with van der Waals surface area (Å²) in [6, 6.07) is 11.1. The normalized spacial score (nSPS) is 15.8. The molecule has 3 rings (SSSR count). The Morgan fingerprint density at radius 3 is 2.48 bits per heavy atom. The molecule has 1 atom stereocenters. The van der Waals surface area contributed by atoms with Crippen LogP contribution in [0.3, 0.4) is 0 Å². The minimum atomic E-state index is -0.941. The van der Waals surface area contributed by atoms with Crippen LogP contribution in [0.2, 0.25) is 0 Å². The van der Waals surface area contributed by atoms with Crippen molar-refractivity contribution in [2.75, 3.05) is 18.1 Å². The molecule has 1 heterocycles. The van der Waals surface area contributed by atoms with Crippen molar-refractivity contribution in [3.05, 3.63) is 70.7 Å². The van der Waals surface area contributed by atoms with Gasteiger partial charge < -0.3 is 19.9 Å². The van der Waals surface area contributed by atoms with Crippen molar-refractivity contribution in [1.82, 2.24) is 5.32 Å². The van der Waals surface area contributed by atoms with Crippen LogP contribution in [0.4, 0.5) is 10.1 Å². The molecule has 0 saturated carbocycles.